The molecule has 0 aliphatic carbocycles. The zero-order valence-corrected chi connectivity index (χ0v) is 20.3. The van der Waals surface area contributed by atoms with E-state index in [1.165, 1.54) is 0 Å². The molecule has 2 saturated heterocycles. The number of piperidine rings is 1. The molecule has 2 amide bonds. The summed E-state index contributed by atoms with van der Waals surface area (Å²) in [5.41, 5.74) is 1.61. The van der Waals surface area contributed by atoms with Crippen LogP contribution in [0, 0.1) is 5.92 Å². The molecule has 0 saturated carbocycles. The molecule has 0 bridgehead atoms. The maximum atomic E-state index is 13.9. The molecule has 2 aromatic carbocycles. The molecule has 7 nitrogen and oxygen atoms in total. The molecule has 182 valence electrons. The number of ether oxygens (including phenoxy) is 3. The van der Waals surface area contributed by atoms with Crippen LogP contribution in [0.4, 0.5) is 5.69 Å². The van der Waals surface area contributed by atoms with Crippen molar-refractivity contribution >= 4 is 17.5 Å². The summed E-state index contributed by atoms with van der Waals surface area (Å²) in [5.74, 6) is 1.70. The molecule has 2 aliphatic heterocycles. The molecule has 0 radical (unpaired) electrons. The van der Waals surface area contributed by atoms with Crippen LogP contribution in [0.1, 0.15) is 50.1 Å². The third-order valence-electron chi connectivity index (χ3n) is 6.93. The number of benzene rings is 2. The van der Waals surface area contributed by atoms with Crippen LogP contribution in [0.25, 0.3) is 0 Å². The summed E-state index contributed by atoms with van der Waals surface area (Å²) in [5, 5.41) is 0. The highest BCUT2D eigenvalue weighted by molar-refractivity contribution is 5.97. The van der Waals surface area contributed by atoms with Crippen LogP contribution in [-0.2, 0) is 9.59 Å². The van der Waals surface area contributed by atoms with Crippen LogP contribution >= 0.6 is 0 Å². The molecule has 34 heavy (non-hydrogen) atoms. The topological polar surface area (TPSA) is 68.3 Å². The van der Waals surface area contributed by atoms with Crippen LogP contribution in [0.15, 0.2) is 42.5 Å². The summed E-state index contributed by atoms with van der Waals surface area (Å²) in [4.78, 5) is 31.0. The smallest absolute Gasteiger partial charge is 0.228 e. The van der Waals surface area contributed by atoms with Crippen molar-refractivity contribution < 1.29 is 23.8 Å². The van der Waals surface area contributed by atoms with Gasteiger partial charge in [-0.15, -0.1) is 0 Å². The molecule has 2 fully saturated rings. The van der Waals surface area contributed by atoms with Gasteiger partial charge in [-0.25, -0.2) is 0 Å². The van der Waals surface area contributed by atoms with Gasteiger partial charge in [-0.05, 0) is 61.2 Å². The highest BCUT2D eigenvalue weighted by atomic mass is 16.5. The number of rotatable bonds is 6. The van der Waals surface area contributed by atoms with Gasteiger partial charge in [0.25, 0.3) is 0 Å². The largest absolute Gasteiger partial charge is 0.497 e. The molecule has 0 N–H and O–H groups in total. The van der Waals surface area contributed by atoms with Gasteiger partial charge in [-0.3, -0.25) is 9.59 Å². The average molecular weight is 467 g/mol. The third kappa shape index (κ3) is 4.83. The number of carbonyl (C=O) groups is 2. The molecule has 0 spiro atoms. The van der Waals surface area contributed by atoms with Gasteiger partial charge in [-0.2, -0.15) is 0 Å². The molecule has 0 unspecified atom stereocenters. The van der Waals surface area contributed by atoms with Gasteiger partial charge in [0.2, 0.25) is 11.8 Å². The SMILES string of the molecule is COc1ccc(N2C(=O)CC[C@H](C(=O)N3CCCCCC3)[C@H]2c2ccc(OC)c(OC)c2)cc1. The minimum atomic E-state index is -0.440. The first kappa shape index (κ1) is 23.9. The Hall–Kier alpha value is -3.22. The van der Waals surface area contributed by atoms with E-state index < -0.39 is 6.04 Å². The van der Waals surface area contributed by atoms with E-state index in [0.29, 0.717) is 30.1 Å². The number of nitrogens with zero attached hydrogens (tertiary/aromatic N) is 2. The summed E-state index contributed by atoms with van der Waals surface area (Å²) < 4.78 is 16.3. The first-order chi connectivity index (χ1) is 16.6. The Kier molecular flexibility index (Phi) is 7.60. The molecule has 2 heterocycles. The van der Waals surface area contributed by atoms with E-state index in [-0.39, 0.29) is 17.7 Å². The zero-order valence-electron chi connectivity index (χ0n) is 20.3. The van der Waals surface area contributed by atoms with Crippen molar-refractivity contribution in [3.8, 4) is 17.2 Å². The number of anilines is 1. The van der Waals surface area contributed by atoms with E-state index in [2.05, 4.69) is 0 Å². The van der Waals surface area contributed by atoms with Crippen molar-refractivity contribution in [3.63, 3.8) is 0 Å². The van der Waals surface area contributed by atoms with Crippen LogP contribution < -0.4 is 19.1 Å². The lowest BCUT2D eigenvalue weighted by Crippen LogP contribution is -2.49. The third-order valence-corrected chi connectivity index (χ3v) is 6.93. The molecular weight excluding hydrogens is 432 g/mol. The second kappa shape index (κ2) is 10.8. The fraction of sp³-hybridized carbons (Fsp3) is 0.481. The van der Waals surface area contributed by atoms with Crippen molar-refractivity contribution in [2.24, 2.45) is 5.92 Å². The van der Waals surface area contributed by atoms with Gasteiger partial charge in [0.05, 0.1) is 33.3 Å². The van der Waals surface area contributed by atoms with Crippen LogP contribution in [0.3, 0.4) is 0 Å². The molecule has 2 aromatic rings. The van der Waals surface area contributed by atoms with Crippen molar-refractivity contribution in [1.29, 1.82) is 0 Å². The van der Waals surface area contributed by atoms with E-state index in [9.17, 15) is 9.59 Å². The lowest BCUT2D eigenvalue weighted by atomic mass is 9.82. The average Bonchev–Trinajstić information content (AvgIpc) is 3.17. The Labute approximate surface area is 201 Å². The summed E-state index contributed by atoms with van der Waals surface area (Å²) in [7, 11) is 4.80. The molecule has 2 atom stereocenters. The first-order valence-electron chi connectivity index (χ1n) is 12.0. The van der Waals surface area contributed by atoms with Crippen molar-refractivity contribution in [2.75, 3.05) is 39.3 Å². The first-order valence-corrected chi connectivity index (χ1v) is 12.0. The number of methoxy groups -OCH3 is 3. The number of hydrogen-bond donors (Lipinski definition) is 0. The predicted octanol–water partition coefficient (Wildman–Crippen LogP) is 4.60. The van der Waals surface area contributed by atoms with E-state index in [1.54, 1.807) is 26.2 Å². The maximum absolute atomic E-state index is 13.9. The lowest BCUT2D eigenvalue weighted by Gasteiger charge is -2.42. The van der Waals surface area contributed by atoms with Crippen molar-refractivity contribution in [1.82, 2.24) is 4.90 Å². The van der Waals surface area contributed by atoms with E-state index in [1.807, 2.05) is 47.4 Å². The highest BCUT2D eigenvalue weighted by Gasteiger charge is 2.43. The second-order valence-corrected chi connectivity index (χ2v) is 8.91. The van der Waals surface area contributed by atoms with Gasteiger partial charge >= 0.3 is 0 Å². The van der Waals surface area contributed by atoms with Crippen LogP contribution in [0.2, 0.25) is 0 Å². The van der Waals surface area contributed by atoms with E-state index in [4.69, 9.17) is 14.2 Å². The van der Waals surface area contributed by atoms with Gasteiger partial charge < -0.3 is 24.0 Å². The maximum Gasteiger partial charge on any atom is 0.228 e. The fourth-order valence-corrected chi connectivity index (χ4v) is 5.14. The standard InChI is InChI=1S/C27H34N2O5/c1-32-21-11-9-20(10-12-21)29-25(30)15-13-22(27(31)28-16-6-4-5-7-17-28)26(29)19-8-14-23(33-2)24(18-19)34-3/h8-12,14,18,22,26H,4-7,13,15-17H2,1-3H3/t22-,26+/m0/s1. The quantitative estimate of drug-likeness (QED) is 0.622. The Bertz CT molecular complexity index is 999. The normalized spacial score (nSPS) is 21.1. The Balaban J connectivity index is 1.78. The monoisotopic (exact) mass is 466 g/mol. The fourth-order valence-electron chi connectivity index (χ4n) is 5.14. The molecule has 0 aromatic heterocycles. The summed E-state index contributed by atoms with van der Waals surface area (Å²) >= 11 is 0. The number of hydrogen-bond acceptors (Lipinski definition) is 5. The number of amides is 2. The van der Waals surface area contributed by atoms with Crippen LogP contribution in [0.5, 0.6) is 17.2 Å². The van der Waals surface area contributed by atoms with Gasteiger partial charge in [0.15, 0.2) is 11.5 Å². The number of likely N-dealkylation sites (tertiary alicyclic amines) is 1. The van der Waals surface area contributed by atoms with E-state index >= 15 is 0 Å². The minimum absolute atomic E-state index is 0.00451. The van der Waals surface area contributed by atoms with E-state index in [0.717, 1.165) is 50.0 Å². The minimum Gasteiger partial charge on any atom is -0.497 e. The predicted molar refractivity (Wildman–Crippen MR) is 131 cm³/mol. The van der Waals surface area contributed by atoms with Crippen LogP contribution in [-0.4, -0.2) is 51.1 Å². The summed E-state index contributed by atoms with van der Waals surface area (Å²) in [6.45, 7) is 1.56. The van der Waals surface area contributed by atoms with Crippen molar-refractivity contribution in [2.45, 2.75) is 44.6 Å². The van der Waals surface area contributed by atoms with Gasteiger partial charge in [0, 0.05) is 25.2 Å². The zero-order chi connectivity index (χ0) is 24.1. The molecule has 2 aliphatic rings. The molecule has 7 heteroatoms. The Morgan fingerprint density at radius 3 is 2.15 bits per heavy atom. The van der Waals surface area contributed by atoms with Gasteiger partial charge in [0.1, 0.15) is 5.75 Å². The Morgan fingerprint density at radius 2 is 1.53 bits per heavy atom. The number of carbonyl (C=O) groups excluding carboxylic acids is 2. The van der Waals surface area contributed by atoms with Gasteiger partial charge in [-0.1, -0.05) is 18.9 Å². The molecule has 4 rings (SSSR count). The molecular formula is C27H34N2O5. The lowest BCUT2D eigenvalue weighted by molar-refractivity contribution is -0.138. The summed E-state index contributed by atoms with van der Waals surface area (Å²) in [6.07, 6.45) is 5.23. The van der Waals surface area contributed by atoms with Crippen molar-refractivity contribution in [3.05, 3.63) is 48.0 Å². The second-order valence-electron chi connectivity index (χ2n) is 8.91. The summed E-state index contributed by atoms with van der Waals surface area (Å²) in [6, 6.07) is 12.7. The highest BCUT2D eigenvalue weighted by Crippen LogP contribution is 2.43. The Morgan fingerprint density at radius 1 is 0.853 bits per heavy atom.